The molecule has 0 aliphatic rings. The molecule has 0 aromatic carbocycles. The van der Waals surface area contributed by atoms with E-state index in [-0.39, 0.29) is 5.91 Å². The quantitative estimate of drug-likeness (QED) is 0.567. The first-order valence-corrected chi connectivity index (χ1v) is 12.5. The molecule has 2 aromatic rings. The molecule has 0 fully saturated rings. The average Bonchev–Trinajstić information content (AvgIpc) is 2.92. The van der Waals surface area contributed by atoms with E-state index in [4.69, 9.17) is 0 Å². The number of nitrogens with zero attached hydrogens (tertiary/aromatic N) is 2. The van der Waals surface area contributed by atoms with Gasteiger partial charge in [-0.25, -0.2) is 0 Å². The first kappa shape index (κ1) is 16.7. The fourth-order valence-electron chi connectivity index (χ4n) is 1.94. The highest BCUT2D eigenvalue weighted by Gasteiger charge is 2.18. The number of amides is 1. The van der Waals surface area contributed by atoms with Crippen LogP contribution in [0, 0.1) is 3.70 Å². The van der Waals surface area contributed by atoms with Crippen molar-refractivity contribution in [1.29, 1.82) is 0 Å². The van der Waals surface area contributed by atoms with Gasteiger partial charge in [-0.2, -0.15) is 5.10 Å². The normalized spacial score (nSPS) is 11.7. The molecule has 0 aliphatic carbocycles. The van der Waals surface area contributed by atoms with Crippen molar-refractivity contribution in [2.45, 2.75) is 32.1 Å². The van der Waals surface area contributed by atoms with Gasteiger partial charge in [-0.05, 0) is 40.5 Å². The van der Waals surface area contributed by atoms with Crippen molar-refractivity contribution in [3.63, 3.8) is 0 Å². The molecule has 7 heteroatoms. The third-order valence-corrected chi connectivity index (χ3v) is 6.65. The second kappa shape index (κ2) is 6.61. The van der Waals surface area contributed by atoms with Crippen molar-refractivity contribution in [3.8, 4) is 0 Å². The van der Waals surface area contributed by atoms with Crippen molar-refractivity contribution >= 4 is 53.6 Å². The van der Waals surface area contributed by atoms with Gasteiger partial charge in [0.05, 0.1) is 11.3 Å². The van der Waals surface area contributed by atoms with Gasteiger partial charge in [-0.15, -0.1) is 11.3 Å². The lowest BCUT2D eigenvalue weighted by molar-refractivity contribution is 0.102. The molecule has 1 amide bonds. The Morgan fingerprint density at radius 1 is 1.48 bits per heavy atom. The number of anilines is 1. The third kappa shape index (κ3) is 4.65. The summed E-state index contributed by atoms with van der Waals surface area (Å²) in [5.74, 6) is -0.0832. The zero-order chi connectivity index (χ0) is 15.6. The molecule has 2 aromatic heterocycles. The molecule has 0 spiro atoms. The Morgan fingerprint density at radius 2 is 2.19 bits per heavy atom. The standard InChI is InChI=1S/C14H20IN3OSSi/c1-18-9-10(13(15)17-18)14(19)16-11-5-7-20-12(11)6-8-21(2,3)4/h5,7,9H,6,8H2,1-4H3,(H,16,19). The highest BCUT2D eigenvalue weighted by molar-refractivity contribution is 14.1. The fraction of sp³-hybridized carbons (Fsp3) is 0.429. The molecular formula is C14H20IN3OSSi. The average molecular weight is 433 g/mol. The lowest BCUT2D eigenvalue weighted by Crippen LogP contribution is -2.20. The smallest absolute Gasteiger partial charge is 0.259 e. The van der Waals surface area contributed by atoms with E-state index < -0.39 is 8.07 Å². The summed E-state index contributed by atoms with van der Waals surface area (Å²) in [6, 6.07) is 3.23. The highest BCUT2D eigenvalue weighted by Crippen LogP contribution is 2.27. The first-order chi connectivity index (χ1) is 9.76. The van der Waals surface area contributed by atoms with Crippen LogP contribution in [0.4, 0.5) is 5.69 Å². The van der Waals surface area contributed by atoms with Gasteiger partial charge in [-0.1, -0.05) is 25.7 Å². The fourth-order valence-corrected chi connectivity index (χ4v) is 4.68. The van der Waals surface area contributed by atoms with Gasteiger partial charge < -0.3 is 5.32 Å². The van der Waals surface area contributed by atoms with Gasteiger partial charge in [0.15, 0.2) is 0 Å². The maximum absolute atomic E-state index is 12.3. The van der Waals surface area contributed by atoms with Gasteiger partial charge in [0, 0.05) is 26.2 Å². The number of carbonyl (C=O) groups excluding carboxylic acids is 1. The lowest BCUT2D eigenvalue weighted by atomic mass is 10.3. The van der Waals surface area contributed by atoms with Crippen molar-refractivity contribution < 1.29 is 4.79 Å². The van der Waals surface area contributed by atoms with Crippen LogP contribution in [0.1, 0.15) is 15.2 Å². The minimum absolute atomic E-state index is 0.0832. The number of nitrogens with one attached hydrogen (secondary N) is 1. The molecule has 2 rings (SSSR count). The Labute approximate surface area is 144 Å². The summed E-state index contributed by atoms with van der Waals surface area (Å²) in [5, 5.41) is 9.27. The largest absolute Gasteiger partial charge is 0.321 e. The van der Waals surface area contributed by atoms with E-state index >= 15 is 0 Å². The lowest BCUT2D eigenvalue weighted by Gasteiger charge is -2.15. The maximum Gasteiger partial charge on any atom is 0.259 e. The van der Waals surface area contributed by atoms with Crippen molar-refractivity contribution in [2.75, 3.05) is 5.32 Å². The zero-order valence-electron chi connectivity index (χ0n) is 12.7. The topological polar surface area (TPSA) is 46.9 Å². The molecule has 21 heavy (non-hydrogen) atoms. The molecule has 114 valence electrons. The number of halogens is 1. The minimum atomic E-state index is -1.07. The van der Waals surface area contributed by atoms with E-state index in [1.54, 1.807) is 22.2 Å². The van der Waals surface area contributed by atoms with Gasteiger partial charge in [0.2, 0.25) is 0 Å². The van der Waals surface area contributed by atoms with E-state index in [2.05, 4.69) is 52.6 Å². The van der Waals surface area contributed by atoms with Crippen molar-refractivity contribution in [3.05, 3.63) is 31.8 Å². The monoisotopic (exact) mass is 433 g/mol. The second-order valence-electron chi connectivity index (χ2n) is 6.28. The molecule has 0 saturated heterocycles. The van der Waals surface area contributed by atoms with Gasteiger partial charge >= 0.3 is 0 Å². The summed E-state index contributed by atoms with van der Waals surface area (Å²) in [6.45, 7) is 7.12. The van der Waals surface area contributed by atoms with Gasteiger partial charge in [-0.3, -0.25) is 9.48 Å². The van der Waals surface area contributed by atoms with Crippen LogP contribution in [-0.2, 0) is 13.5 Å². The molecule has 0 atom stereocenters. The van der Waals surface area contributed by atoms with Crippen LogP contribution in [0.5, 0.6) is 0 Å². The molecule has 2 heterocycles. The van der Waals surface area contributed by atoms with Crippen LogP contribution in [0.2, 0.25) is 25.7 Å². The summed E-state index contributed by atoms with van der Waals surface area (Å²) in [4.78, 5) is 13.6. The predicted molar refractivity (Wildman–Crippen MR) is 100 cm³/mol. The molecule has 1 N–H and O–H groups in total. The van der Waals surface area contributed by atoms with Crippen LogP contribution in [0.25, 0.3) is 0 Å². The summed E-state index contributed by atoms with van der Waals surface area (Å²) in [7, 11) is 0.756. The highest BCUT2D eigenvalue weighted by atomic mass is 127. The van der Waals surface area contributed by atoms with E-state index in [0.717, 1.165) is 15.8 Å². The van der Waals surface area contributed by atoms with E-state index in [1.165, 1.54) is 10.9 Å². The molecule has 0 aliphatic heterocycles. The Balaban J connectivity index is 2.08. The van der Waals surface area contributed by atoms with Crippen LogP contribution >= 0.6 is 33.9 Å². The molecule has 0 bridgehead atoms. The number of thiophene rings is 1. The number of carbonyl (C=O) groups is 1. The third-order valence-electron chi connectivity index (χ3n) is 3.12. The van der Waals surface area contributed by atoms with Crippen LogP contribution in [0.3, 0.4) is 0 Å². The molecular weight excluding hydrogens is 413 g/mol. The first-order valence-electron chi connectivity index (χ1n) is 6.83. The number of rotatable bonds is 5. The number of hydrogen-bond donors (Lipinski definition) is 1. The van der Waals surface area contributed by atoms with E-state index in [1.807, 2.05) is 18.5 Å². The van der Waals surface area contributed by atoms with Crippen molar-refractivity contribution in [1.82, 2.24) is 9.78 Å². The molecule has 0 unspecified atom stereocenters. The van der Waals surface area contributed by atoms with Crippen molar-refractivity contribution in [2.24, 2.45) is 7.05 Å². The number of hydrogen-bond acceptors (Lipinski definition) is 3. The molecule has 4 nitrogen and oxygen atoms in total. The summed E-state index contributed by atoms with van der Waals surface area (Å²) in [5.41, 5.74) is 1.57. The zero-order valence-corrected chi connectivity index (χ0v) is 16.7. The second-order valence-corrected chi connectivity index (χ2v) is 13.9. The van der Waals surface area contributed by atoms with E-state index in [9.17, 15) is 4.79 Å². The Kier molecular flexibility index (Phi) is 5.26. The summed E-state index contributed by atoms with van der Waals surface area (Å²) in [6.07, 6.45) is 2.80. The molecule has 0 radical (unpaired) electrons. The van der Waals surface area contributed by atoms with Gasteiger partial charge in [0.1, 0.15) is 3.70 Å². The Morgan fingerprint density at radius 3 is 2.76 bits per heavy atom. The molecule has 0 saturated carbocycles. The van der Waals surface area contributed by atoms with Crippen LogP contribution in [-0.4, -0.2) is 23.8 Å². The minimum Gasteiger partial charge on any atom is -0.321 e. The van der Waals surface area contributed by atoms with Crippen LogP contribution < -0.4 is 5.32 Å². The maximum atomic E-state index is 12.3. The van der Waals surface area contributed by atoms with E-state index in [0.29, 0.717) is 5.56 Å². The van der Waals surface area contributed by atoms with Gasteiger partial charge in [0.25, 0.3) is 5.91 Å². The Bertz CT molecular complexity index is 645. The Hall–Kier alpha value is -0.673. The predicted octanol–water partition coefficient (Wildman–Crippen LogP) is 4.22. The summed E-state index contributed by atoms with van der Waals surface area (Å²) >= 11 is 3.81. The number of aromatic nitrogens is 2. The number of aryl methyl sites for hydroxylation is 2. The SMILES string of the molecule is Cn1cc(C(=O)Nc2ccsc2CC[Si](C)(C)C)c(I)n1. The summed E-state index contributed by atoms with van der Waals surface area (Å²) < 4.78 is 2.39. The van der Waals surface area contributed by atoms with Crippen LogP contribution in [0.15, 0.2) is 17.6 Å².